The molecule has 0 aliphatic carbocycles. The molecule has 0 aromatic heterocycles. The number of benzene rings is 1. The predicted octanol–water partition coefficient (Wildman–Crippen LogP) is 0.556. The van der Waals surface area contributed by atoms with Gasteiger partial charge in [0.25, 0.3) is 5.91 Å². The third kappa shape index (κ3) is 1.68. The van der Waals surface area contributed by atoms with E-state index in [1.165, 1.54) is 6.08 Å². The molecule has 4 heteroatoms. The molecule has 0 spiro atoms. The topological polar surface area (TPSA) is 44.4 Å². The lowest BCUT2D eigenvalue weighted by Gasteiger charge is -2.24. The summed E-state index contributed by atoms with van der Waals surface area (Å²) in [6.45, 7) is 0. The number of carbonyl (C=O) groups is 1. The second-order valence-electron chi connectivity index (χ2n) is 2.62. The van der Waals surface area contributed by atoms with Gasteiger partial charge in [0.2, 0.25) is 0 Å². The molecule has 0 radical (unpaired) electrons. The molecule has 0 fully saturated rings. The molecule has 1 amide bonds. The number of nitrogens with one attached hydrogen (secondary N) is 2. The Morgan fingerprint density at radius 1 is 1.15 bits per heavy atom. The zero-order valence-corrected chi connectivity index (χ0v) is 6.90. The van der Waals surface area contributed by atoms with Crippen LogP contribution in [-0.4, -0.2) is 5.91 Å². The lowest BCUT2D eigenvalue weighted by Crippen LogP contribution is -2.49. The van der Waals surface area contributed by atoms with Crippen molar-refractivity contribution in [2.45, 2.75) is 0 Å². The summed E-state index contributed by atoms with van der Waals surface area (Å²) < 4.78 is 0. The Balaban J connectivity index is 2.20. The average Bonchev–Trinajstić information content (AvgIpc) is 2.20. The fourth-order valence-corrected chi connectivity index (χ4v) is 1.08. The molecule has 13 heavy (non-hydrogen) atoms. The Hall–Kier alpha value is -1.81. The first-order valence-corrected chi connectivity index (χ1v) is 3.94. The standard InChI is InChI=1S/C9H9N3O/c13-9-6-7-12(11-10-9)8-4-2-1-3-5-8/h1-7,11H,(H,10,13). The molecule has 1 heterocycles. The Labute approximate surface area is 75.8 Å². The summed E-state index contributed by atoms with van der Waals surface area (Å²) >= 11 is 0. The molecule has 0 saturated carbocycles. The fourth-order valence-electron chi connectivity index (χ4n) is 1.08. The van der Waals surface area contributed by atoms with Gasteiger partial charge in [-0.1, -0.05) is 18.2 Å². The third-order valence-corrected chi connectivity index (χ3v) is 1.71. The number of para-hydroxylation sites is 1. The van der Waals surface area contributed by atoms with Crippen molar-refractivity contribution in [2.75, 3.05) is 5.01 Å². The van der Waals surface area contributed by atoms with E-state index >= 15 is 0 Å². The number of amides is 1. The minimum absolute atomic E-state index is 0.146. The summed E-state index contributed by atoms with van der Waals surface area (Å²) in [4.78, 5) is 10.8. The summed E-state index contributed by atoms with van der Waals surface area (Å²) in [5, 5.41) is 1.72. The molecule has 0 atom stereocenters. The predicted molar refractivity (Wildman–Crippen MR) is 49.3 cm³/mol. The fraction of sp³-hybridized carbons (Fsp3) is 0. The first-order valence-electron chi connectivity index (χ1n) is 3.94. The van der Waals surface area contributed by atoms with Crippen LogP contribution < -0.4 is 16.0 Å². The van der Waals surface area contributed by atoms with Crippen LogP contribution >= 0.6 is 0 Å². The van der Waals surface area contributed by atoms with Gasteiger partial charge in [-0.25, -0.2) is 0 Å². The van der Waals surface area contributed by atoms with Gasteiger partial charge in [-0.15, -0.1) is 5.53 Å². The molecule has 1 aliphatic heterocycles. The molecule has 2 N–H and O–H groups in total. The van der Waals surface area contributed by atoms with Gasteiger partial charge in [0.1, 0.15) is 0 Å². The largest absolute Gasteiger partial charge is 0.270 e. The van der Waals surface area contributed by atoms with Crippen molar-refractivity contribution in [1.29, 1.82) is 0 Å². The zero-order valence-electron chi connectivity index (χ0n) is 6.90. The van der Waals surface area contributed by atoms with Crippen molar-refractivity contribution >= 4 is 11.6 Å². The van der Waals surface area contributed by atoms with Crippen LogP contribution in [0.1, 0.15) is 0 Å². The van der Waals surface area contributed by atoms with Crippen molar-refractivity contribution in [3.05, 3.63) is 42.6 Å². The summed E-state index contributed by atoms with van der Waals surface area (Å²) in [5.41, 5.74) is 6.18. The highest BCUT2D eigenvalue weighted by atomic mass is 16.2. The Kier molecular flexibility index (Phi) is 1.97. The van der Waals surface area contributed by atoms with Crippen LogP contribution in [0.3, 0.4) is 0 Å². The van der Waals surface area contributed by atoms with Crippen molar-refractivity contribution in [1.82, 2.24) is 11.0 Å². The molecule has 4 nitrogen and oxygen atoms in total. The van der Waals surface area contributed by atoms with E-state index in [2.05, 4.69) is 11.0 Å². The normalized spacial score (nSPS) is 15.7. The van der Waals surface area contributed by atoms with Gasteiger partial charge >= 0.3 is 0 Å². The molecule has 0 saturated heterocycles. The number of anilines is 1. The molecule has 0 unspecified atom stereocenters. The lowest BCUT2D eigenvalue weighted by molar-refractivity contribution is -0.117. The van der Waals surface area contributed by atoms with Gasteiger partial charge in [0.15, 0.2) is 0 Å². The van der Waals surface area contributed by atoms with Crippen LogP contribution in [-0.2, 0) is 4.79 Å². The number of hydrogen-bond acceptors (Lipinski definition) is 3. The molecule has 1 aliphatic rings. The minimum Gasteiger partial charge on any atom is -0.270 e. The molecule has 0 bridgehead atoms. The van der Waals surface area contributed by atoms with E-state index in [9.17, 15) is 4.79 Å². The van der Waals surface area contributed by atoms with Gasteiger partial charge in [-0.05, 0) is 12.1 Å². The van der Waals surface area contributed by atoms with E-state index in [1.54, 1.807) is 11.2 Å². The maximum Gasteiger partial charge on any atom is 0.261 e. The molecule has 1 aromatic rings. The van der Waals surface area contributed by atoms with Crippen molar-refractivity contribution in [3.63, 3.8) is 0 Å². The molecule has 2 rings (SSSR count). The zero-order chi connectivity index (χ0) is 9.10. The first-order chi connectivity index (χ1) is 6.36. The van der Waals surface area contributed by atoms with Gasteiger partial charge in [-0.3, -0.25) is 15.2 Å². The van der Waals surface area contributed by atoms with E-state index in [0.717, 1.165) is 5.69 Å². The SMILES string of the molecule is O=C1C=CN(c2ccccc2)NN1. The van der Waals surface area contributed by atoms with Gasteiger partial charge in [0.05, 0.1) is 5.69 Å². The van der Waals surface area contributed by atoms with E-state index in [4.69, 9.17) is 0 Å². The van der Waals surface area contributed by atoms with Crippen LogP contribution in [0.15, 0.2) is 42.6 Å². The van der Waals surface area contributed by atoms with Gasteiger partial charge < -0.3 is 0 Å². The monoisotopic (exact) mass is 175 g/mol. The number of rotatable bonds is 1. The summed E-state index contributed by atoms with van der Waals surface area (Å²) in [6.07, 6.45) is 3.14. The van der Waals surface area contributed by atoms with E-state index in [-0.39, 0.29) is 5.91 Å². The highest BCUT2D eigenvalue weighted by Crippen LogP contribution is 2.11. The van der Waals surface area contributed by atoms with Crippen LogP contribution in [0, 0.1) is 0 Å². The van der Waals surface area contributed by atoms with Crippen molar-refractivity contribution < 1.29 is 4.79 Å². The summed E-state index contributed by atoms with van der Waals surface area (Å²) in [6, 6.07) is 9.68. The number of nitrogens with zero attached hydrogens (tertiary/aromatic N) is 1. The molecule has 1 aromatic carbocycles. The van der Waals surface area contributed by atoms with Crippen LogP contribution in [0.2, 0.25) is 0 Å². The third-order valence-electron chi connectivity index (χ3n) is 1.71. The minimum atomic E-state index is -0.146. The Morgan fingerprint density at radius 2 is 1.92 bits per heavy atom. The van der Waals surface area contributed by atoms with Crippen molar-refractivity contribution in [3.8, 4) is 0 Å². The van der Waals surface area contributed by atoms with Gasteiger partial charge in [0, 0.05) is 12.3 Å². The quantitative estimate of drug-likeness (QED) is 0.655. The lowest BCUT2D eigenvalue weighted by atomic mass is 10.3. The van der Waals surface area contributed by atoms with E-state index < -0.39 is 0 Å². The average molecular weight is 175 g/mol. The highest BCUT2D eigenvalue weighted by Gasteiger charge is 2.07. The first kappa shape index (κ1) is 7.82. The van der Waals surface area contributed by atoms with E-state index in [0.29, 0.717) is 0 Å². The number of carbonyl (C=O) groups excluding carboxylic acids is 1. The van der Waals surface area contributed by atoms with E-state index in [1.807, 2.05) is 30.3 Å². The number of hydrazine groups is 2. The highest BCUT2D eigenvalue weighted by molar-refractivity contribution is 5.88. The summed E-state index contributed by atoms with van der Waals surface area (Å²) in [5.74, 6) is -0.146. The van der Waals surface area contributed by atoms with Crippen molar-refractivity contribution in [2.24, 2.45) is 0 Å². The van der Waals surface area contributed by atoms with Crippen LogP contribution in [0.25, 0.3) is 0 Å². The van der Waals surface area contributed by atoms with Crippen LogP contribution in [0.5, 0.6) is 0 Å². The second-order valence-corrected chi connectivity index (χ2v) is 2.62. The molecular weight excluding hydrogens is 166 g/mol. The Bertz CT molecular complexity index is 334. The summed E-state index contributed by atoms with van der Waals surface area (Å²) in [7, 11) is 0. The molecular formula is C9H9N3O. The second kappa shape index (κ2) is 3.28. The molecule has 66 valence electrons. The maximum atomic E-state index is 10.8. The number of hydrogen-bond donors (Lipinski definition) is 2. The van der Waals surface area contributed by atoms with Gasteiger partial charge in [-0.2, -0.15) is 0 Å². The maximum absolute atomic E-state index is 10.8. The Morgan fingerprint density at radius 3 is 2.54 bits per heavy atom. The smallest absolute Gasteiger partial charge is 0.261 e. The van der Waals surface area contributed by atoms with Crippen LogP contribution in [0.4, 0.5) is 5.69 Å².